The van der Waals surface area contributed by atoms with Crippen LogP contribution in [0.4, 0.5) is 8.78 Å². The highest BCUT2D eigenvalue weighted by Crippen LogP contribution is 2.09. The lowest BCUT2D eigenvalue weighted by Gasteiger charge is -2.15. The summed E-state index contributed by atoms with van der Waals surface area (Å²) >= 11 is 0. The van der Waals surface area contributed by atoms with Gasteiger partial charge in [-0.05, 0) is 30.5 Å². The first-order valence-corrected chi connectivity index (χ1v) is 5.45. The molecule has 2 nitrogen and oxygen atoms in total. The fraction of sp³-hybridized carbons (Fsp3) is 0.500. The average molecular weight is 229 g/mol. The molecule has 1 atom stereocenters. The average Bonchev–Trinajstić information content (AvgIpc) is 2.28. The Bertz CT molecular complexity index is 331. The quantitative estimate of drug-likeness (QED) is 0.784. The third kappa shape index (κ3) is 3.87. The summed E-state index contributed by atoms with van der Waals surface area (Å²) in [5, 5.41) is 12.0. The summed E-state index contributed by atoms with van der Waals surface area (Å²) in [6.45, 7) is 2.62. The number of halogens is 2. The number of nitrogens with one attached hydrogen (secondary N) is 1. The lowest BCUT2D eigenvalue weighted by Crippen LogP contribution is -2.28. The molecule has 0 saturated heterocycles. The topological polar surface area (TPSA) is 32.3 Å². The summed E-state index contributed by atoms with van der Waals surface area (Å²) in [4.78, 5) is 0. The van der Waals surface area contributed by atoms with Crippen molar-refractivity contribution in [3.05, 3.63) is 35.4 Å². The highest BCUT2D eigenvalue weighted by atomic mass is 19.2. The van der Waals surface area contributed by atoms with Crippen molar-refractivity contribution in [1.29, 1.82) is 0 Å². The molecule has 1 unspecified atom stereocenters. The normalized spacial score (nSPS) is 12.8. The van der Waals surface area contributed by atoms with Gasteiger partial charge in [-0.1, -0.05) is 13.0 Å². The van der Waals surface area contributed by atoms with Crippen LogP contribution in [0.1, 0.15) is 25.3 Å². The van der Waals surface area contributed by atoms with E-state index in [-0.39, 0.29) is 12.6 Å². The first kappa shape index (κ1) is 13.1. The van der Waals surface area contributed by atoms with Gasteiger partial charge in [0, 0.05) is 19.2 Å². The van der Waals surface area contributed by atoms with Crippen LogP contribution >= 0.6 is 0 Å². The van der Waals surface area contributed by atoms with Crippen molar-refractivity contribution in [1.82, 2.24) is 5.32 Å². The Labute approximate surface area is 94.3 Å². The number of aliphatic hydroxyl groups excluding tert-OH is 1. The van der Waals surface area contributed by atoms with Gasteiger partial charge in [0.25, 0.3) is 0 Å². The van der Waals surface area contributed by atoms with Crippen LogP contribution in [0.3, 0.4) is 0 Å². The number of benzene rings is 1. The van der Waals surface area contributed by atoms with Crippen molar-refractivity contribution in [2.24, 2.45) is 0 Å². The molecule has 16 heavy (non-hydrogen) atoms. The van der Waals surface area contributed by atoms with Crippen LogP contribution in [0.15, 0.2) is 18.2 Å². The molecule has 1 aromatic carbocycles. The number of aliphatic hydroxyl groups is 1. The Morgan fingerprint density at radius 1 is 1.31 bits per heavy atom. The molecular weight excluding hydrogens is 212 g/mol. The Balaban J connectivity index is 2.50. The molecule has 0 fully saturated rings. The van der Waals surface area contributed by atoms with E-state index in [1.165, 1.54) is 6.07 Å². The van der Waals surface area contributed by atoms with Crippen molar-refractivity contribution >= 4 is 0 Å². The molecule has 4 heteroatoms. The minimum Gasteiger partial charge on any atom is -0.396 e. The lowest BCUT2D eigenvalue weighted by atomic mass is 10.1. The van der Waals surface area contributed by atoms with Crippen molar-refractivity contribution in [3.63, 3.8) is 0 Å². The predicted octanol–water partition coefficient (Wildman–Crippen LogP) is 2.22. The van der Waals surface area contributed by atoms with E-state index in [0.29, 0.717) is 18.5 Å². The van der Waals surface area contributed by atoms with Gasteiger partial charge in [0.2, 0.25) is 0 Å². The molecule has 0 aliphatic heterocycles. The minimum absolute atomic E-state index is 0.128. The van der Waals surface area contributed by atoms with E-state index in [9.17, 15) is 8.78 Å². The van der Waals surface area contributed by atoms with E-state index in [1.54, 1.807) is 6.07 Å². The van der Waals surface area contributed by atoms with Gasteiger partial charge in [-0.2, -0.15) is 0 Å². The third-order valence-electron chi connectivity index (χ3n) is 2.55. The van der Waals surface area contributed by atoms with Gasteiger partial charge in [0.05, 0.1) is 0 Å². The smallest absolute Gasteiger partial charge is 0.159 e. The second kappa shape index (κ2) is 6.55. The number of hydrogen-bond donors (Lipinski definition) is 2. The van der Waals surface area contributed by atoms with E-state index < -0.39 is 11.6 Å². The maximum absolute atomic E-state index is 12.9. The van der Waals surface area contributed by atoms with Gasteiger partial charge in [-0.3, -0.25) is 0 Å². The lowest BCUT2D eigenvalue weighted by molar-refractivity contribution is 0.262. The molecule has 2 N–H and O–H groups in total. The molecule has 0 saturated carbocycles. The zero-order valence-electron chi connectivity index (χ0n) is 9.34. The Morgan fingerprint density at radius 2 is 2.06 bits per heavy atom. The predicted molar refractivity (Wildman–Crippen MR) is 59.0 cm³/mol. The summed E-state index contributed by atoms with van der Waals surface area (Å²) in [7, 11) is 0. The summed E-state index contributed by atoms with van der Waals surface area (Å²) in [6, 6.07) is 4.07. The fourth-order valence-corrected chi connectivity index (χ4v) is 1.52. The van der Waals surface area contributed by atoms with E-state index in [0.717, 1.165) is 12.5 Å². The van der Waals surface area contributed by atoms with E-state index in [4.69, 9.17) is 5.11 Å². The van der Waals surface area contributed by atoms with Gasteiger partial charge >= 0.3 is 0 Å². The van der Waals surface area contributed by atoms with Gasteiger partial charge in [-0.15, -0.1) is 0 Å². The monoisotopic (exact) mass is 229 g/mol. The summed E-state index contributed by atoms with van der Waals surface area (Å²) in [5.41, 5.74) is 0.704. The highest BCUT2D eigenvalue weighted by molar-refractivity contribution is 5.17. The molecule has 0 radical (unpaired) electrons. The molecule has 0 aliphatic carbocycles. The van der Waals surface area contributed by atoms with Gasteiger partial charge in [0.1, 0.15) is 0 Å². The Hall–Kier alpha value is -1.00. The number of hydrogen-bond acceptors (Lipinski definition) is 2. The fourth-order valence-electron chi connectivity index (χ4n) is 1.52. The second-order valence-electron chi connectivity index (χ2n) is 3.75. The molecule has 0 spiro atoms. The van der Waals surface area contributed by atoms with E-state index in [2.05, 4.69) is 5.32 Å². The van der Waals surface area contributed by atoms with Crippen LogP contribution in [-0.4, -0.2) is 17.8 Å². The molecule has 0 aliphatic rings. The molecule has 0 aromatic heterocycles. The maximum Gasteiger partial charge on any atom is 0.159 e. The maximum atomic E-state index is 12.9. The van der Waals surface area contributed by atoms with Crippen LogP contribution in [-0.2, 0) is 6.54 Å². The highest BCUT2D eigenvalue weighted by Gasteiger charge is 2.06. The molecule has 0 amide bonds. The van der Waals surface area contributed by atoms with Crippen molar-refractivity contribution < 1.29 is 13.9 Å². The van der Waals surface area contributed by atoms with E-state index >= 15 is 0 Å². The Kier molecular flexibility index (Phi) is 5.35. The molecular formula is C12H17F2NO. The van der Waals surface area contributed by atoms with Crippen LogP contribution in [0.5, 0.6) is 0 Å². The summed E-state index contributed by atoms with van der Waals surface area (Å²) < 4.78 is 25.5. The molecule has 0 heterocycles. The van der Waals surface area contributed by atoms with Crippen LogP contribution in [0.25, 0.3) is 0 Å². The summed E-state index contributed by atoms with van der Waals surface area (Å²) in [6.07, 6.45) is 1.56. The van der Waals surface area contributed by atoms with E-state index in [1.807, 2.05) is 6.92 Å². The second-order valence-corrected chi connectivity index (χ2v) is 3.75. The number of rotatable bonds is 6. The largest absolute Gasteiger partial charge is 0.396 e. The van der Waals surface area contributed by atoms with Crippen LogP contribution in [0.2, 0.25) is 0 Å². The molecule has 0 bridgehead atoms. The third-order valence-corrected chi connectivity index (χ3v) is 2.55. The van der Waals surface area contributed by atoms with Gasteiger partial charge in [0.15, 0.2) is 11.6 Å². The van der Waals surface area contributed by atoms with Crippen LogP contribution < -0.4 is 5.32 Å². The SMILES string of the molecule is CCC(CCO)NCc1ccc(F)c(F)c1. The van der Waals surface area contributed by atoms with Crippen molar-refractivity contribution in [3.8, 4) is 0 Å². The first-order valence-electron chi connectivity index (χ1n) is 5.45. The first-order chi connectivity index (χ1) is 7.67. The molecule has 90 valence electrons. The minimum atomic E-state index is -0.828. The van der Waals surface area contributed by atoms with Crippen molar-refractivity contribution in [2.45, 2.75) is 32.4 Å². The summed E-state index contributed by atoms with van der Waals surface area (Å²) in [5.74, 6) is -1.65. The standard InChI is InChI=1S/C12H17F2NO/c1-2-10(5-6-16)15-8-9-3-4-11(13)12(14)7-9/h3-4,7,10,15-16H,2,5-6,8H2,1H3. The van der Waals surface area contributed by atoms with Gasteiger partial charge < -0.3 is 10.4 Å². The van der Waals surface area contributed by atoms with Crippen molar-refractivity contribution in [2.75, 3.05) is 6.61 Å². The zero-order valence-corrected chi connectivity index (χ0v) is 9.34. The zero-order chi connectivity index (χ0) is 12.0. The molecule has 1 rings (SSSR count). The van der Waals surface area contributed by atoms with Crippen LogP contribution in [0, 0.1) is 11.6 Å². The Morgan fingerprint density at radius 3 is 2.62 bits per heavy atom. The molecule has 1 aromatic rings. The van der Waals surface area contributed by atoms with Gasteiger partial charge in [-0.25, -0.2) is 8.78 Å².